The van der Waals surface area contributed by atoms with Crippen molar-refractivity contribution in [1.29, 1.82) is 0 Å². The summed E-state index contributed by atoms with van der Waals surface area (Å²) in [5.74, 6) is 1.31. The van der Waals surface area contributed by atoms with Crippen LogP contribution in [0.4, 0.5) is 5.88 Å². The number of aromatic nitrogens is 3. The molecule has 0 spiro atoms. The molecule has 0 radical (unpaired) electrons. The summed E-state index contributed by atoms with van der Waals surface area (Å²) in [6, 6.07) is 9.69. The highest BCUT2D eigenvalue weighted by Gasteiger charge is 2.26. The van der Waals surface area contributed by atoms with Crippen LogP contribution in [0.1, 0.15) is 40.5 Å². The fourth-order valence-corrected chi connectivity index (χ4v) is 2.50. The van der Waals surface area contributed by atoms with Crippen molar-refractivity contribution in [3.63, 3.8) is 0 Å². The van der Waals surface area contributed by atoms with Crippen LogP contribution in [-0.2, 0) is 0 Å². The quantitative estimate of drug-likeness (QED) is 0.795. The third-order valence-electron chi connectivity index (χ3n) is 4.07. The Bertz CT molecular complexity index is 868. The molecule has 2 heterocycles. The van der Waals surface area contributed by atoms with Crippen molar-refractivity contribution in [3.8, 4) is 11.3 Å². The van der Waals surface area contributed by atoms with Crippen LogP contribution in [0, 0.1) is 6.92 Å². The van der Waals surface area contributed by atoms with Gasteiger partial charge < -0.3 is 4.52 Å². The van der Waals surface area contributed by atoms with Gasteiger partial charge in [0.2, 0.25) is 5.88 Å². The van der Waals surface area contributed by atoms with Gasteiger partial charge in [-0.05, 0) is 19.8 Å². The van der Waals surface area contributed by atoms with Crippen molar-refractivity contribution < 1.29 is 9.32 Å². The van der Waals surface area contributed by atoms with Crippen molar-refractivity contribution in [2.45, 2.75) is 25.7 Å². The first-order chi connectivity index (χ1) is 11.7. The third-order valence-corrected chi connectivity index (χ3v) is 4.07. The van der Waals surface area contributed by atoms with E-state index in [-0.39, 0.29) is 5.91 Å². The van der Waals surface area contributed by atoms with Gasteiger partial charge in [0.05, 0.1) is 5.56 Å². The molecule has 1 saturated carbocycles. The van der Waals surface area contributed by atoms with E-state index in [2.05, 4.69) is 20.4 Å². The second-order valence-corrected chi connectivity index (χ2v) is 5.91. The Balaban J connectivity index is 1.52. The molecule has 0 unspecified atom stereocenters. The number of amides is 1. The van der Waals surface area contributed by atoms with E-state index in [1.54, 1.807) is 12.4 Å². The van der Waals surface area contributed by atoms with E-state index in [0.29, 0.717) is 23.1 Å². The summed E-state index contributed by atoms with van der Waals surface area (Å²) in [7, 11) is 0. The lowest BCUT2D eigenvalue weighted by atomic mass is 10.1. The van der Waals surface area contributed by atoms with Crippen molar-refractivity contribution in [2.24, 2.45) is 0 Å². The molecule has 3 aromatic rings. The molecule has 6 heteroatoms. The normalized spacial score (nSPS) is 13.7. The molecule has 1 aliphatic rings. The summed E-state index contributed by atoms with van der Waals surface area (Å²) in [6.07, 6.45) is 5.37. The Morgan fingerprint density at radius 2 is 1.88 bits per heavy atom. The average Bonchev–Trinajstić information content (AvgIpc) is 3.41. The van der Waals surface area contributed by atoms with Crippen LogP contribution in [0.15, 0.2) is 47.2 Å². The zero-order chi connectivity index (χ0) is 16.5. The monoisotopic (exact) mass is 320 g/mol. The first kappa shape index (κ1) is 14.6. The highest BCUT2D eigenvalue weighted by molar-refractivity contribution is 6.03. The van der Waals surface area contributed by atoms with Crippen molar-refractivity contribution >= 4 is 11.8 Å². The highest BCUT2D eigenvalue weighted by atomic mass is 16.5. The van der Waals surface area contributed by atoms with Gasteiger partial charge >= 0.3 is 0 Å². The number of nitrogens with one attached hydrogen (secondary N) is 1. The molecule has 0 saturated heterocycles. The van der Waals surface area contributed by atoms with Gasteiger partial charge in [-0.15, -0.1) is 0 Å². The van der Waals surface area contributed by atoms with Crippen molar-refractivity contribution in [3.05, 3.63) is 59.7 Å². The fourth-order valence-electron chi connectivity index (χ4n) is 2.50. The number of rotatable bonds is 4. The van der Waals surface area contributed by atoms with E-state index in [9.17, 15) is 4.79 Å². The molecule has 1 N–H and O–H groups in total. The van der Waals surface area contributed by atoms with Crippen LogP contribution in [0.5, 0.6) is 0 Å². The van der Waals surface area contributed by atoms with E-state index < -0.39 is 0 Å². The van der Waals surface area contributed by atoms with Crippen molar-refractivity contribution in [1.82, 2.24) is 15.1 Å². The Labute approximate surface area is 138 Å². The summed E-state index contributed by atoms with van der Waals surface area (Å²) in [5.41, 5.74) is 2.84. The van der Waals surface area contributed by atoms with Gasteiger partial charge in [-0.2, -0.15) is 0 Å². The van der Waals surface area contributed by atoms with Crippen LogP contribution in [0.3, 0.4) is 0 Å². The largest absolute Gasteiger partial charge is 0.338 e. The molecule has 1 fully saturated rings. The number of carbonyl (C=O) groups is 1. The second kappa shape index (κ2) is 5.88. The van der Waals surface area contributed by atoms with E-state index in [1.165, 1.54) is 0 Å². The maximum absolute atomic E-state index is 12.3. The smallest absolute Gasteiger partial charge is 0.261 e. The van der Waals surface area contributed by atoms with Crippen LogP contribution < -0.4 is 5.32 Å². The summed E-state index contributed by atoms with van der Waals surface area (Å²) in [5, 5.41) is 6.79. The summed E-state index contributed by atoms with van der Waals surface area (Å²) in [6.45, 7) is 1.86. The maximum atomic E-state index is 12.3. The fraction of sp³-hybridized carbons (Fsp3) is 0.222. The standard InChI is InChI=1S/C18H16N4O2/c1-11-15(12-5-3-2-4-6-12)22-24-18(11)21-17(23)14-9-19-16(20-10-14)13-7-8-13/h2-6,9-10,13H,7-8H2,1H3,(H,21,23). The Kier molecular flexibility index (Phi) is 3.57. The predicted octanol–water partition coefficient (Wildman–Crippen LogP) is 3.57. The molecule has 4 rings (SSSR count). The number of hydrogen-bond donors (Lipinski definition) is 1. The minimum Gasteiger partial charge on any atom is -0.338 e. The van der Waals surface area contributed by atoms with E-state index >= 15 is 0 Å². The van der Waals surface area contributed by atoms with Gasteiger partial charge in [-0.3, -0.25) is 10.1 Å². The van der Waals surface area contributed by atoms with Crippen LogP contribution in [0.2, 0.25) is 0 Å². The van der Waals surface area contributed by atoms with E-state index in [1.807, 2.05) is 37.3 Å². The first-order valence-corrected chi connectivity index (χ1v) is 7.87. The Morgan fingerprint density at radius 3 is 2.54 bits per heavy atom. The average molecular weight is 320 g/mol. The Morgan fingerprint density at radius 1 is 1.17 bits per heavy atom. The highest BCUT2D eigenvalue weighted by Crippen LogP contribution is 2.37. The van der Waals surface area contributed by atoms with Gasteiger partial charge in [0, 0.05) is 29.4 Å². The van der Waals surface area contributed by atoms with E-state index in [4.69, 9.17) is 4.52 Å². The third kappa shape index (κ3) is 2.78. The predicted molar refractivity (Wildman–Crippen MR) is 88.6 cm³/mol. The molecular formula is C18H16N4O2. The van der Waals surface area contributed by atoms with Gasteiger partial charge in [-0.25, -0.2) is 9.97 Å². The molecule has 1 amide bonds. The number of benzene rings is 1. The minimum absolute atomic E-state index is 0.309. The molecule has 1 aliphatic carbocycles. The van der Waals surface area contributed by atoms with Gasteiger partial charge in [-0.1, -0.05) is 35.5 Å². The lowest BCUT2D eigenvalue weighted by Gasteiger charge is -2.03. The summed E-state index contributed by atoms with van der Waals surface area (Å²) in [4.78, 5) is 20.9. The molecular weight excluding hydrogens is 304 g/mol. The molecule has 120 valence electrons. The van der Waals surface area contributed by atoms with E-state index in [0.717, 1.165) is 29.8 Å². The lowest BCUT2D eigenvalue weighted by molar-refractivity contribution is 0.102. The number of carbonyl (C=O) groups excluding carboxylic acids is 1. The van der Waals surface area contributed by atoms with Gasteiger partial charge in [0.1, 0.15) is 11.5 Å². The lowest BCUT2D eigenvalue weighted by Crippen LogP contribution is -2.13. The molecule has 0 bridgehead atoms. The maximum Gasteiger partial charge on any atom is 0.261 e. The summed E-state index contributed by atoms with van der Waals surface area (Å²) >= 11 is 0. The molecule has 0 atom stereocenters. The molecule has 2 aromatic heterocycles. The first-order valence-electron chi connectivity index (χ1n) is 7.87. The molecule has 24 heavy (non-hydrogen) atoms. The number of anilines is 1. The molecule has 0 aliphatic heterocycles. The topological polar surface area (TPSA) is 80.9 Å². The van der Waals surface area contributed by atoms with Gasteiger partial charge in [0.25, 0.3) is 5.91 Å². The SMILES string of the molecule is Cc1c(-c2ccccc2)noc1NC(=O)c1cnc(C2CC2)nc1. The van der Waals surface area contributed by atoms with Gasteiger partial charge in [0.15, 0.2) is 0 Å². The molecule has 6 nitrogen and oxygen atoms in total. The zero-order valence-electron chi connectivity index (χ0n) is 13.2. The number of nitrogens with zero attached hydrogens (tertiary/aromatic N) is 3. The van der Waals surface area contributed by atoms with Crippen LogP contribution in [0.25, 0.3) is 11.3 Å². The second-order valence-electron chi connectivity index (χ2n) is 5.91. The minimum atomic E-state index is -0.309. The zero-order valence-corrected chi connectivity index (χ0v) is 13.2. The van der Waals surface area contributed by atoms with Crippen LogP contribution >= 0.6 is 0 Å². The summed E-state index contributed by atoms with van der Waals surface area (Å²) < 4.78 is 5.29. The molecule has 1 aromatic carbocycles. The van der Waals surface area contributed by atoms with Crippen molar-refractivity contribution in [2.75, 3.05) is 5.32 Å². The number of hydrogen-bond acceptors (Lipinski definition) is 5. The van der Waals surface area contributed by atoms with Crippen LogP contribution in [-0.4, -0.2) is 21.0 Å². The Hall–Kier alpha value is -3.02.